The van der Waals surface area contributed by atoms with Crippen molar-refractivity contribution in [3.8, 4) is 0 Å². The summed E-state index contributed by atoms with van der Waals surface area (Å²) in [5.74, 6) is -1.04. The van der Waals surface area contributed by atoms with Crippen LogP contribution in [0.25, 0.3) is 0 Å². The predicted molar refractivity (Wildman–Crippen MR) is 137 cm³/mol. The number of hydrogen-bond acceptors (Lipinski definition) is 7. The van der Waals surface area contributed by atoms with Crippen molar-refractivity contribution in [1.29, 1.82) is 0 Å². The number of ether oxygens (including phenoxy) is 3. The molecule has 38 heavy (non-hydrogen) atoms. The molecule has 8 aliphatic rings. The van der Waals surface area contributed by atoms with Crippen molar-refractivity contribution in [1.82, 2.24) is 4.90 Å². The van der Waals surface area contributed by atoms with Crippen LogP contribution in [0.3, 0.4) is 0 Å². The van der Waals surface area contributed by atoms with Crippen molar-refractivity contribution < 1.29 is 28.6 Å². The number of piperidine rings is 1. The Morgan fingerprint density at radius 2 is 1.92 bits per heavy atom. The number of hydrogen-bond donors (Lipinski definition) is 0. The van der Waals surface area contributed by atoms with Gasteiger partial charge in [0.05, 0.1) is 31.1 Å². The Morgan fingerprint density at radius 1 is 1.13 bits per heavy atom. The van der Waals surface area contributed by atoms with Gasteiger partial charge in [-0.05, 0) is 56.9 Å². The van der Waals surface area contributed by atoms with Gasteiger partial charge in [-0.1, -0.05) is 26.3 Å². The number of carbonyl (C=O) groups is 3. The summed E-state index contributed by atoms with van der Waals surface area (Å²) < 4.78 is 19.8. The number of alkyl halides is 1. The van der Waals surface area contributed by atoms with E-state index in [4.69, 9.17) is 25.8 Å². The SMILES string of the molecule is CC1=CC(=O)[C@@H]2[C@@H](C1)[C@]13CO[C@@]4([C@H]1Cl)N1C[C@H]5C[C@H](C)C[C@]1(CC[C@@]4(C)[C@]1(COC(=O)C1)[C@H]3C(=O)[C@@H]2C)O5. The minimum Gasteiger partial charge on any atom is -0.465 e. The zero-order valence-electron chi connectivity index (χ0n) is 22.8. The Bertz CT molecular complexity index is 1220. The Hall–Kier alpha value is -1.28. The molecule has 0 aromatic rings. The zero-order valence-corrected chi connectivity index (χ0v) is 23.5. The van der Waals surface area contributed by atoms with Gasteiger partial charge in [-0.15, -0.1) is 11.6 Å². The lowest BCUT2D eigenvalue weighted by molar-refractivity contribution is -0.332. The highest BCUT2D eigenvalue weighted by atomic mass is 35.5. The molecular weight excluding hydrogens is 506 g/mol. The highest BCUT2D eigenvalue weighted by Crippen LogP contribution is 2.80. The van der Waals surface area contributed by atoms with Crippen LogP contribution in [-0.2, 0) is 28.6 Å². The van der Waals surface area contributed by atoms with Crippen LogP contribution in [0.4, 0.5) is 0 Å². The first-order valence-electron chi connectivity index (χ1n) is 14.6. The maximum atomic E-state index is 14.6. The summed E-state index contributed by atoms with van der Waals surface area (Å²) in [7, 11) is 0. The summed E-state index contributed by atoms with van der Waals surface area (Å²) in [5.41, 5.74) is -2.39. The molecule has 2 saturated carbocycles. The Kier molecular flexibility index (Phi) is 4.60. The van der Waals surface area contributed by atoms with Crippen molar-refractivity contribution >= 4 is 29.1 Å². The molecule has 3 aliphatic carbocycles. The van der Waals surface area contributed by atoms with Crippen LogP contribution in [0.1, 0.15) is 66.2 Å². The largest absolute Gasteiger partial charge is 0.465 e. The molecule has 12 atom stereocenters. The van der Waals surface area contributed by atoms with Crippen LogP contribution in [0, 0.1) is 45.8 Å². The standard InChI is InChI=1S/C30H38ClNO6/c1-15-8-19-22(20(33)9-15)17(3)23(35)24-27(11-21(34)36-13-27)26(4)5-6-28-10-16(2)7-18(38-28)12-32(28)30(26)25(31)29(19,24)14-37-30/h9,16-19,22,24-25H,5-8,10-14H2,1-4H3/t16-,17+,18+,19+,22-,24+,25-,26-,27+,28-,29-,30+/m0/s1. The van der Waals surface area contributed by atoms with Gasteiger partial charge in [0.1, 0.15) is 17.2 Å². The number of allylic oxidation sites excluding steroid dienone is 2. The van der Waals surface area contributed by atoms with Gasteiger partial charge < -0.3 is 14.2 Å². The smallest absolute Gasteiger partial charge is 0.306 e. The molecule has 0 radical (unpaired) electrons. The first kappa shape index (κ1) is 24.5. The highest BCUT2D eigenvalue weighted by molar-refractivity contribution is 6.23. The Morgan fingerprint density at radius 3 is 2.66 bits per heavy atom. The van der Waals surface area contributed by atoms with E-state index in [1.54, 1.807) is 6.08 Å². The predicted octanol–water partition coefficient (Wildman–Crippen LogP) is 3.87. The van der Waals surface area contributed by atoms with Crippen molar-refractivity contribution in [3.63, 3.8) is 0 Å². The van der Waals surface area contributed by atoms with E-state index in [9.17, 15) is 14.4 Å². The second kappa shape index (κ2) is 7.13. The molecule has 8 heteroatoms. The van der Waals surface area contributed by atoms with Gasteiger partial charge in [0.2, 0.25) is 0 Å². The highest BCUT2D eigenvalue weighted by Gasteiger charge is 2.89. The van der Waals surface area contributed by atoms with Gasteiger partial charge in [-0.2, -0.15) is 0 Å². The fraction of sp³-hybridized carbons (Fsp3) is 0.833. The molecule has 0 aromatic carbocycles. The molecule has 5 aliphatic heterocycles. The molecule has 5 heterocycles. The van der Waals surface area contributed by atoms with Crippen molar-refractivity contribution in [2.24, 2.45) is 45.8 Å². The molecule has 4 bridgehead atoms. The van der Waals surface area contributed by atoms with Crippen LogP contribution in [-0.4, -0.2) is 65.1 Å². The zero-order chi connectivity index (χ0) is 26.6. The third-order valence-corrected chi connectivity index (χ3v) is 13.7. The van der Waals surface area contributed by atoms with E-state index in [0.29, 0.717) is 12.5 Å². The molecule has 7 fully saturated rings. The van der Waals surface area contributed by atoms with Crippen molar-refractivity contribution in [3.05, 3.63) is 11.6 Å². The molecule has 0 unspecified atom stereocenters. The molecule has 5 saturated heterocycles. The minimum absolute atomic E-state index is 0.0349. The van der Waals surface area contributed by atoms with Gasteiger partial charge >= 0.3 is 5.97 Å². The third kappa shape index (κ3) is 2.35. The normalized spacial score (nSPS) is 58.7. The van der Waals surface area contributed by atoms with Gasteiger partial charge in [0.15, 0.2) is 5.78 Å². The van der Waals surface area contributed by atoms with Crippen LogP contribution < -0.4 is 0 Å². The lowest BCUT2D eigenvalue weighted by atomic mass is 9.34. The number of carbonyl (C=O) groups excluding carboxylic acids is 3. The maximum Gasteiger partial charge on any atom is 0.306 e. The maximum absolute atomic E-state index is 14.6. The summed E-state index contributed by atoms with van der Waals surface area (Å²) in [5, 5.41) is -0.510. The quantitative estimate of drug-likeness (QED) is 0.339. The molecule has 0 aromatic heterocycles. The third-order valence-electron chi connectivity index (χ3n) is 13.0. The molecular formula is C30H38ClNO6. The topological polar surface area (TPSA) is 82.1 Å². The number of rotatable bonds is 0. The van der Waals surface area contributed by atoms with E-state index < -0.39 is 50.8 Å². The second-order valence-corrected chi connectivity index (χ2v) is 14.9. The Balaban J connectivity index is 1.40. The molecule has 206 valence electrons. The number of Topliss-reactive ketones (excluding diaryl/α,β-unsaturated/α-hetero) is 1. The van der Waals surface area contributed by atoms with E-state index >= 15 is 0 Å². The number of esters is 1. The van der Waals surface area contributed by atoms with E-state index in [-0.39, 0.29) is 42.6 Å². The van der Waals surface area contributed by atoms with Crippen molar-refractivity contribution in [2.75, 3.05) is 19.8 Å². The number of ketones is 2. The average molecular weight is 544 g/mol. The molecule has 4 spiro atoms. The second-order valence-electron chi connectivity index (χ2n) is 14.5. The monoisotopic (exact) mass is 543 g/mol. The fourth-order valence-corrected chi connectivity index (χ4v) is 12.4. The van der Waals surface area contributed by atoms with E-state index in [1.165, 1.54) is 0 Å². The van der Waals surface area contributed by atoms with Gasteiger partial charge in [0, 0.05) is 40.5 Å². The average Bonchev–Trinajstić information content (AvgIpc) is 3.45. The van der Waals surface area contributed by atoms with Crippen LogP contribution in [0.2, 0.25) is 0 Å². The molecule has 7 nitrogen and oxygen atoms in total. The lowest BCUT2D eigenvalue weighted by Gasteiger charge is -2.73. The summed E-state index contributed by atoms with van der Waals surface area (Å²) in [6.07, 6.45) is 6.29. The van der Waals surface area contributed by atoms with E-state index in [1.807, 2.05) is 13.8 Å². The van der Waals surface area contributed by atoms with Gasteiger partial charge in [-0.25, -0.2) is 4.90 Å². The van der Waals surface area contributed by atoms with Gasteiger partial charge in [0.25, 0.3) is 0 Å². The summed E-state index contributed by atoms with van der Waals surface area (Å²) in [6.45, 7) is 9.73. The van der Waals surface area contributed by atoms with Crippen molar-refractivity contribution in [2.45, 2.75) is 89.2 Å². The minimum atomic E-state index is -0.903. The number of cyclic esters (lactones) is 1. The fourth-order valence-electron chi connectivity index (χ4n) is 11.6. The summed E-state index contributed by atoms with van der Waals surface area (Å²) >= 11 is 7.88. The lowest BCUT2D eigenvalue weighted by Crippen LogP contribution is -2.82. The van der Waals surface area contributed by atoms with Crippen LogP contribution in [0.15, 0.2) is 11.6 Å². The number of fused-ring (bicyclic) bond motifs is 4. The van der Waals surface area contributed by atoms with E-state index in [2.05, 4.69) is 18.7 Å². The first-order chi connectivity index (χ1) is 18.0. The molecule has 0 amide bonds. The Labute approximate surface area is 228 Å². The first-order valence-corrected chi connectivity index (χ1v) is 15.0. The molecule has 0 N–H and O–H groups in total. The molecule has 8 rings (SSSR count). The van der Waals surface area contributed by atoms with Crippen LogP contribution >= 0.6 is 11.6 Å². The summed E-state index contributed by atoms with van der Waals surface area (Å²) in [6, 6.07) is 0. The van der Waals surface area contributed by atoms with Crippen LogP contribution in [0.5, 0.6) is 0 Å². The summed E-state index contributed by atoms with van der Waals surface area (Å²) in [4.78, 5) is 43.6. The number of nitrogens with zero attached hydrogens (tertiary/aromatic N) is 1. The van der Waals surface area contributed by atoms with Gasteiger partial charge in [-0.3, -0.25) is 14.4 Å². The number of halogens is 1. The van der Waals surface area contributed by atoms with E-state index in [0.717, 1.165) is 44.2 Å².